The van der Waals surface area contributed by atoms with Crippen LogP contribution in [0.25, 0.3) is 17.5 Å². The summed E-state index contributed by atoms with van der Waals surface area (Å²) < 4.78 is 0. The minimum atomic E-state index is 0.625. The second-order valence-corrected chi connectivity index (χ2v) is 9.80. The van der Waals surface area contributed by atoms with E-state index in [9.17, 15) is 9.59 Å². The van der Waals surface area contributed by atoms with Crippen LogP contribution in [0, 0.1) is 20.8 Å². The summed E-state index contributed by atoms with van der Waals surface area (Å²) in [6, 6.07) is 0. The van der Waals surface area contributed by atoms with E-state index < -0.39 is 0 Å². The molecule has 4 heterocycles. The molecule has 0 radical (unpaired) electrons. The zero-order valence-electron chi connectivity index (χ0n) is 23.3. The molecule has 0 atom stereocenters. The SMILES string of the molecule is CCC1=C(C)/C(=C/c2[nH]c(-c3[nH]c(C=O)c(C)c3CC)c(CC)c2C)N=C1c1[nH]c(C=O)c(C)c1CC. The van der Waals surface area contributed by atoms with Crippen molar-refractivity contribution in [3.05, 3.63) is 73.0 Å². The Bertz CT molecular complexity index is 1480. The topological polar surface area (TPSA) is 93.9 Å². The number of aliphatic imine (C=N–C) groups is 1. The first-order chi connectivity index (χ1) is 17.8. The molecule has 1 aliphatic heterocycles. The van der Waals surface area contributed by atoms with E-state index in [1.165, 1.54) is 22.3 Å². The molecule has 0 aliphatic carbocycles. The molecule has 3 N–H and O–H groups in total. The number of H-pyrrole nitrogens is 3. The zero-order valence-corrected chi connectivity index (χ0v) is 23.3. The summed E-state index contributed by atoms with van der Waals surface area (Å²) in [4.78, 5) is 38.7. The van der Waals surface area contributed by atoms with Gasteiger partial charge in [-0.1, -0.05) is 27.7 Å². The van der Waals surface area contributed by atoms with Crippen molar-refractivity contribution in [1.29, 1.82) is 0 Å². The number of hydrogen-bond donors (Lipinski definition) is 3. The molecular weight excluding hydrogens is 460 g/mol. The lowest BCUT2D eigenvalue weighted by Gasteiger charge is -2.06. The number of aldehydes is 2. The Labute approximate surface area is 219 Å². The third-order valence-corrected chi connectivity index (χ3v) is 8.03. The summed E-state index contributed by atoms with van der Waals surface area (Å²) in [5.74, 6) is 0. The fourth-order valence-electron chi connectivity index (χ4n) is 5.82. The Kier molecular flexibility index (Phi) is 7.39. The smallest absolute Gasteiger partial charge is 0.166 e. The minimum Gasteiger partial charge on any atom is -0.353 e. The zero-order chi connectivity index (χ0) is 27.0. The molecule has 0 spiro atoms. The van der Waals surface area contributed by atoms with Crippen LogP contribution < -0.4 is 0 Å². The molecule has 0 unspecified atom stereocenters. The van der Waals surface area contributed by atoms with Gasteiger partial charge >= 0.3 is 0 Å². The Balaban J connectivity index is 1.88. The second kappa shape index (κ2) is 10.4. The Hall–Kier alpha value is -3.67. The number of rotatable bonds is 9. The van der Waals surface area contributed by atoms with Gasteiger partial charge in [-0.3, -0.25) is 9.59 Å². The Morgan fingerprint density at radius 3 is 1.51 bits per heavy atom. The average molecular weight is 499 g/mol. The maximum absolute atomic E-state index is 11.6. The van der Waals surface area contributed by atoms with Gasteiger partial charge in [-0.25, -0.2) is 4.99 Å². The van der Waals surface area contributed by atoms with Gasteiger partial charge in [0.25, 0.3) is 0 Å². The van der Waals surface area contributed by atoms with Gasteiger partial charge in [0.1, 0.15) is 0 Å². The van der Waals surface area contributed by atoms with Gasteiger partial charge in [-0.2, -0.15) is 0 Å². The van der Waals surface area contributed by atoms with Crippen LogP contribution in [0.3, 0.4) is 0 Å². The summed E-state index contributed by atoms with van der Waals surface area (Å²) in [5, 5.41) is 0. The first-order valence-corrected chi connectivity index (χ1v) is 13.3. The van der Waals surface area contributed by atoms with E-state index in [4.69, 9.17) is 4.99 Å². The summed E-state index contributed by atoms with van der Waals surface area (Å²) >= 11 is 0. The van der Waals surface area contributed by atoms with Crippen LogP contribution in [0.2, 0.25) is 0 Å². The maximum Gasteiger partial charge on any atom is 0.166 e. The molecule has 6 nitrogen and oxygen atoms in total. The molecule has 3 aromatic heterocycles. The third kappa shape index (κ3) is 4.18. The van der Waals surface area contributed by atoms with Crippen molar-refractivity contribution in [3.8, 4) is 11.4 Å². The highest BCUT2D eigenvalue weighted by atomic mass is 16.1. The van der Waals surface area contributed by atoms with E-state index >= 15 is 0 Å². The molecule has 0 saturated heterocycles. The van der Waals surface area contributed by atoms with E-state index in [1.54, 1.807) is 0 Å². The van der Waals surface area contributed by atoms with Gasteiger partial charge < -0.3 is 15.0 Å². The van der Waals surface area contributed by atoms with E-state index in [0.29, 0.717) is 11.4 Å². The highest BCUT2D eigenvalue weighted by Gasteiger charge is 2.27. The van der Waals surface area contributed by atoms with Crippen LogP contribution in [-0.4, -0.2) is 33.2 Å². The van der Waals surface area contributed by atoms with E-state index in [0.717, 1.165) is 94.7 Å². The molecule has 0 fully saturated rings. The monoisotopic (exact) mass is 498 g/mol. The number of aromatic amines is 3. The molecule has 0 bridgehead atoms. The number of nitrogens with zero attached hydrogens (tertiary/aromatic N) is 1. The summed E-state index contributed by atoms with van der Waals surface area (Å²) in [5.41, 5.74) is 16.3. The van der Waals surface area contributed by atoms with Gasteiger partial charge in [0.2, 0.25) is 0 Å². The number of carbonyl (C=O) groups is 2. The van der Waals surface area contributed by atoms with Crippen molar-refractivity contribution in [1.82, 2.24) is 15.0 Å². The number of nitrogens with one attached hydrogen (secondary N) is 3. The largest absolute Gasteiger partial charge is 0.353 e. The van der Waals surface area contributed by atoms with Crippen LogP contribution in [0.1, 0.15) is 107 Å². The molecule has 0 saturated carbocycles. The summed E-state index contributed by atoms with van der Waals surface area (Å²) in [7, 11) is 0. The van der Waals surface area contributed by atoms with Crippen molar-refractivity contribution in [2.24, 2.45) is 4.99 Å². The van der Waals surface area contributed by atoms with E-state index in [2.05, 4.69) is 62.6 Å². The van der Waals surface area contributed by atoms with Gasteiger partial charge in [0.05, 0.1) is 39.9 Å². The maximum atomic E-state index is 11.6. The van der Waals surface area contributed by atoms with Crippen LogP contribution in [0.4, 0.5) is 0 Å². The lowest BCUT2D eigenvalue weighted by Crippen LogP contribution is -2.06. The predicted octanol–water partition coefficient (Wildman–Crippen LogP) is 7.15. The third-order valence-electron chi connectivity index (χ3n) is 8.03. The lowest BCUT2D eigenvalue weighted by atomic mass is 9.97. The molecular formula is C31H38N4O2. The molecule has 194 valence electrons. The van der Waals surface area contributed by atoms with Crippen molar-refractivity contribution in [3.63, 3.8) is 0 Å². The number of carbonyl (C=O) groups excluding carboxylic acids is 2. The fraction of sp³-hybridized carbons (Fsp3) is 0.387. The highest BCUT2D eigenvalue weighted by Crippen LogP contribution is 2.37. The van der Waals surface area contributed by atoms with E-state index in [-0.39, 0.29) is 0 Å². The molecule has 3 aromatic rings. The van der Waals surface area contributed by atoms with Gasteiger partial charge in [0.15, 0.2) is 12.6 Å². The van der Waals surface area contributed by atoms with Crippen LogP contribution >= 0.6 is 0 Å². The minimum absolute atomic E-state index is 0.625. The first-order valence-electron chi connectivity index (χ1n) is 13.3. The molecule has 1 aliphatic rings. The summed E-state index contributed by atoms with van der Waals surface area (Å²) in [6.45, 7) is 16.8. The fourth-order valence-corrected chi connectivity index (χ4v) is 5.82. The average Bonchev–Trinajstić information content (AvgIpc) is 3.59. The Morgan fingerprint density at radius 2 is 1.05 bits per heavy atom. The van der Waals surface area contributed by atoms with Crippen LogP contribution in [0.5, 0.6) is 0 Å². The van der Waals surface area contributed by atoms with Crippen LogP contribution in [-0.2, 0) is 19.3 Å². The Morgan fingerprint density at radius 1 is 0.622 bits per heavy atom. The highest BCUT2D eigenvalue weighted by molar-refractivity contribution is 6.16. The summed E-state index contributed by atoms with van der Waals surface area (Å²) in [6.07, 6.45) is 7.34. The van der Waals surface area contributed by atoms with E-state index in [1.807, 2.05) is 13.8 Å². The van der Waals surface area contributed by atoms with Crippen molar-refractivity contribution >= 4 is 24.4 Å². The normalized spacial score (nSPS) is 14.7. The molecule has 4 rings (SSSR count). The molecule has 0 aromatic carbocycles. The lowest BCUT2D eigenvalue weighted by molar-refractivity contribution is 0.111. The predicted molar refractivity (Wildman–Crippen MR) is 152 cm³/mol. The van der Waals surface area contributed by atoms with Crippen molar-refractivity contribution < 1.29 is 9.59 Å². The van der Waals surface area contributed by atoms with Crippen molar-refractivity contribution in [2.45, 2.75) is 81.1 Å². The van der Waals surface area contributed by atoms with Gasteiger partial charge in [-0.05, 0) is 104 Å². The standard InChI is InChI=1S/C31H38N4O2/c1-9-20-16(5)24(32-28(20)30-22(11-3)18(7)26(14-36)34-30)13-25-17(6)21(10-2)29(33-25)31-23(12-4)19(8)27(15-37)35-31/h13-15,32,34-35H,9-12H2,1-8H3/b25-13-. The molecule has 37 heavy (non-hydrogen) atoms. The number of allylic oxidation sites excluding steroid dienone is 2. The number of hydrogen-bond acceptors (Lipinski definition) is 3. The first kappa shape index (κ1) is 26.4. The second-order valence-electron chi connectivity index (χ2n) is 9.80. The van der Waals surface area contributed by atoms with Crippen LogP contribution in [0.15, 0.2) is 21.8 Å². The number of aromatic nitrogens is 3. The molecule has 6 heteroatoms. The van der Waals surface area contributed by atoms with Gasteiger partial charge in [-0.15, -0.1) is 0 Å². The quantitative estimate of drug-likeness (QED) is 0.273. The van der Waals surface area contributed by atoms with Gasteiger partial charge in [0, 0.05) is 5.69 Å². The van der Waals surface area contributed by atoms with Crippen molar-refractivity contribution in [2.75, 3.05) is 0 Å². The molecule has 0 amide bonds.